The van der Waals surface area contributed by atoms with Gasteiger partial charge in [-0.1, -0.05) is 12.8 Å². The Hall–Kier alpha value is -1.63. The number of carboxylic acid groups (broad SMARTS) is 1. The van der Waals surface area contributed by atoms with E-state index in [2.05, 4.69) is 10.6 Å². The predicted octanol–water partition coefficient (Wildman–Crippen LogP) is 0.551. The van der Waals surface area contributed by atoms with Crippen molar-refractivity contribution in [3.8, 4) is 0 Å². The van der Waals surface area contributed by atoms with Gasteiger partial charge in [-0.25, -0.2) is 4.79 Å². The van der Waals surface area contributed by atoms with Crippen LogP contribution in [0.1, 0.15) is 38.5 Å². The van der Waals surface area contributed by atoms with Crippen LogP contribution in [0.5, 0.6) is 0 Å². The highest BCUT2D eigenvalue weighted by molar-refractivity contribution is 5.95. The molecule has 0 radical (unpaired) electrons. The van der Waals surface area contributed by atoms with Crippen molar-refractivity contribution < 1.29 is 19.5 Å². The van der Waals surface area contributed by atoms with Crippen molar-refractivity contribution in [3.05, 3.63) is 0 Å². The van der Waals surface area contributed by atoms with Gasteiger partial charge in [0.25, 0.3) is 0 Å². The number of rotatable bonds is 7. The van der Waals surface area contributed by atoms with E-state index in [9.17, 15) is 14.4 Å². The fourth-order valence-electron chi connectivity index (χ4n) is 2.28. The SMILES string of the molecule is CN(CCCC(=O)O)CC(=O)NC(=O)NC1CCCC1. The van der Waals surface area contributed by atoms with Crippen LogP contribution >= 0.6 is 0 Å². The average molecular weight is 285 g/mol. The topological polar surface area (TPSA) is 98.7 Å². The lowest BCUT2D eigenvalue weighted by molar-refractivity contribution is -0.137. The van der Waals surface area contributed by atoms with Crippen molar-refractivity contribution in [2.24, 2.45) is 0 Å². The first-order chi connectivity index (χ1) is 9.47. The predicted molar refractivity (Wildman–Crippen MR) is 73.3 cm³/mol. The highest BCUT2D eigenvalue weighted by atomic mass is 16.4. The minimum atomic E-state index is -0.848. The Labute approximate surface area is 118 Å². The second kappa shape index (κ2) is 8.52. The van der Waals surface area contributed by atoms with Gasteiger partial charge >= 0.3 is 12.0 Å². The molecule has 0 bridgehead atoms. The number of urea groups is 1. The van der Waals surface area contributed by atoms with E-state index in [-0.39, 0.29) is 24.9 Å². The summed E-state index contributed by atoms with van der Waals surface area (Å²) in [6.45, 7) is 0.585. The number of hydrogen-bond donors (Lipinski definition) is 3. The third-order valence-corrected chi connectivity index (χ3v) is 3.29. The number of nitrogens with zero attached hydrogens (tertiary/aromatic N) is 1. The van der Waals surface area contributed by atoms with E-state index < -0.39 is 12.0 Å². The van der Waals surface area contributed by atoms with E-state index >= 15 is 0 Å². The Kier molecular flexibility index (Phi) is 7.00. The number of amides is 3. The first-order valence-electron chi connectivity index (χ1n) is 6.98. The molecule has 0 atom stereocenters. The Morgan fingerprint density at radius 3 is 2.50 bits per heavy atom. The molecule has 0 heterocycles. The summed E-state index contributed by atoms with van der Waals surface area (Å²) >= 11 is 0. The minimum absolute atomic E-state index is 0.0775. The van der Waals surface area contributed by atoms with Gasteiger partial charge in [0.1, 0.15) is 0 Å². The fraction of sp³-hybridized carbons (Fsp3) is 0.769. The van der Waals surface area contributed by atoms with Gasteiger partial charge in [0, 0.05) is 12.5 Å². The third kappa shape index (κ3) is 7.08. The number of aliphatic carboxylic acids is 1. The first-order valence-corrected chi connectivity index (χ1v) is 6.98. The van der Waals surface area contributed by atoms with Crippen molar-refractivity contribution in [3.63, 3.8) is 0 Å². The smallest absolute Gasteiger partial charge is 0.321 e. The molecule has 7 nitrogen and oxygen atoms in total. The molecule has 0 aromatic carbocycles. The second-order valence-electron chi connectivity index (χ2n) is 5.24. The van der Waals surface area contributed by atoms with Gasteiger partial charge in [-0.15, -0.1) is 0 Å². The quantitative estimate of drug-likeness (QED) is 0.634. The number of imide groups is 1. The lowest BCUT2D eigenvalue weighted by Crippen LogP contribution is -2.46. The summed E-state index contributed by atoms with van der Waals surface area (Å²) in [5.74, 6) is -1.22. The number of likely N-dealkylation sites (N-methyl/N-ethyl adjacent to an activating group) is 1. The van der Waals surface area contributed by atoms with Crippen LogP contribution in [0, 0.1) is 0 Å². The molecule has 20 heavy (non-hydrogen) atoms. The molecule has 0 spiro atoms. The lowest BCUT2D eigenvalue weighted by atomic mass is 10.2. The van der Waals surface area contributed by atoms with Crippen LogP contribution in [0.4, 0.5) is 4.79 Å². The van der Waals surface area contributed by atoms with Crippen LogP contribution in [0.2, 0.25) is 0 Å². The molecule has 1 saturated carbocycles. The number of carboxylic acids is 1. The van der Waals surface area contributed by atoms with E-state index in [0.29, 0.717) is 13.0 Å². The summed E-state index contributed by atoms with van der Waals surface area (Å²) in [5.41, 5.74) is 0. The molecule has 0 saturated heterocycles. The molecule has 0 aromatic heterocycles. The van der Waals surface area contributed by atoms with Crippen molar-refractivity contribution in [2.45, 2.75) is 44.6 Å². The molecular formula is C13H23N3O4. The zero-order valence-corrected chi connectivity index (χ0v) is 11.9. The van der Waals surface area contributed by atoms with Crippen molar-refractivity contribution in [1.29, 1.82) is 0 Å². The summed E-state index contributed by atoms with van der Waals surface area (Å²) in [4.78, 5) is 35.2. The van der Waals surface area contributed by atoms with Crippen molar-refractivity contribution in [2.75, 3.05) is 20.1 Å². The monoisotopic (exact) mass is 285 g/mol. The maximum Gasteiger partial charge on any atom is 0.321 e. The molecule has 3 N–H and O–H groups in total. The molecule has 0 aliphatic heterocycles. The van der Waals surface area contributed by atoms with Gasteiger partial charge in [-0.3, -0.25) is 19.8 Å². The Balaban J connectivity index is 2.14. The number of carbonyl (C=O) groups is 3. The number of hydrogen-bond acceptors (Lipinski definition) is 4. The Morgan fingerprint density at radius 2 is 1.90 bits per heavy atom. The van der Waals surface area contributed by atoms with E-state index in [0.717, 1.165) is 25.7 Å². The third-order valence-electron chi connectivity index (χ3n) is 3.29. The largest absolute Gasteiger partial charge is 0.481 e. The normalized spacial score (nSPS) is 15.3. The minimum Gasteiger partial charge on any atom is -0.481 e. The Bertz CT molecular complexity index is 354. The van der Waals surface area contributed by atoms with Gasteiger partial charge < -0.3 is 10.4 Å². The van der Waals surface area contributed by atoms with Crippen molar-refractivity contribution in [1.82, 2.24) is 15.5 Å². The fourth-order valence-corrected chi connectivity index (χ4v) is 2.28. The molecule has 0 unspecified atom stereocenters. The van der Waals surface area contributed by atoms with E-state index in [1.165, 1.54) is 0 Å². The van der Waals surface area contributed by atoms with E-state index in [1.54, 1.807) is 11.9 Å². The molecular weight excluding hydrogens is 262 g/mol. The summed E-state index contributed by atoms with van der Waals surface area (Å²) in [7, 11) is 1.72. The highest BCUT2D eigenvalue weighted by Crippen LogP contribution is 2.17. The standard InChI is InChI=1S/C13H23N3O4/c1-16(8-4-7-12(18)19)9-11(17)15-13(20)14-10-5-2-3-6-10/h10H,2-9H2,1H3,(H,18,19)(H2,14,15,17,20). The van der Waals surface area contributed by atoms with E-state index in [4.69, 9.17) is 5.11 Å². The zero-order chi connectivity index (χ0) is 15.0. The van der Waals surface area contributed by atoms with Crippen LogP contribution in [0.15, 0.2) is 0 Å². The van der Waals surface area contributed by atoms with Crippen LogP contribution in [0.3, 0.4) is 0 Å². The van der Waals surface area contributed by atoms with Gasteiger partial charge in [0.05, 0.1) is 6.54 Å². The summed E-state index contributed by atoms with van der Waals surface area (Å²) < 4.78 is 0. The molecule has 114 valence electrons. The van der Waals surface area contributed by atoms with Gasteiger partial charge in [0.15, 0.2) is 0 Å². The molecule has 1 fully saturated rings. The summed E-state index contributed by atoms with van der Waals surface area (Å²) in [6, 6.07) is -0.267. The molecule has 7 heteroatoms. The van der Waals surface area contributed by atoms with Crippen LogP contribution in [-0.2, 0) is 9.59 Å². The average Bonchev–Trinajstić information content (AvgIpc) is 2.80. The zero-order valence-electron chi connectivity index (χ0n) is 11.9. The lowest BCUT2D eigenvalue weighted by Gasteiger charge is -2.16. The van der Waals surface area contributed by atoms with Crippen LogP contribution in [-0.4, -0.2) is 54.1 Å². The second-order valence-corrected chi connectivity index (χ2v) is 5.24. The van der Waals surface area contributed by atoms with E-state index in [1.807, 2.05) is 0 Å². The highest BCUT2D eigenvalue weighted by Gasteiger charge is 2.18. The van der Waals surface area contributed by atoms with Crippen LogP contribution in [0.25, 0.3) is 0 Å². The van der Waals surface area contributed by atoms with Gasteiger partial charge in [-0.05, 0) is 32.9 Å². The molecule has 0 aromatic rings. The molecule has 3 amide bonds. The van der Waals surface area contributed by atoms with Crippen LogP contribution < -0.4 is 10.6 Å². The van der Waals surface area contributed by atoms with Gasteiger partial charge in [0.2, 0.25) is 5.91 Å². The summed E-state index contributed by atoms with van der Waals surface area (Å²) in [5, 5.41) is 13.6. The first kappa shape index (κ1) is 16.4. The maximum absolute atomic E-state index is 11.6. The number of carbonyl (C=O) groups excluding carboxylic acids is 2. The molecule has 1 aliphatic rings. The summed E-state index contributed by atoms with van der Waals surface area (Å²) in [6.07, 6.45) is 4.73. The Morgan fingerprint density at radius 1 is 1.25 bits per heavy atom. The number of nitrogens with one attached hydrogen (secondary N) is 2. The molecule has 1 aliphatic carbocycles. The van der Waals surface area contributed by atoms with Crippen molar-refractivity contribution >= 4 is 17.9 Å². The maximum atomic E-state index is 11.6. The van der Waals surface area contributed by atoms with Gasteiger partial charge in [-0.2, -0.15) is 0 Å². The molecule has 1 rings (SSSR count).